The quantitative estimate of drug-likeness (QED) is 0.673. The van der Waals surface area contributed by atoms with Crippen LogP contribution >= 0.6 is 0 Å². The molecule has 0 unspecified atom stereocenters. The first kappa shape index (κ1) is 18.0. The lowest BCUT2D eigenvalue weighted by Gasteiger charge is -2.18. The molecule has 1 fully saturated rings. The third-order valence-corrected chi connectivity index (χ3v) is 4.77. The topological polar surface area (TPSA) is 67.3 Å². The number of hydrogen-bond donors (Lipinski definition) is 1. The molecule has 1 N–H and O–H groups in total. The maximum absolute atomic E-state index is 12.1. The largest absolute Gasteiger partial charge is 0.465 e. The highest BCUT2D eigenvalue weighted by molar-refractivity contribution is 5.96. The second kappa shape index (κ2) is 8.08. The first-order chi connectivity index (χ1) is 13.7. The number of methoxy groups -OCH3 is 1. The molecule has 0 aliphatic carbocycles. The van der Waals surface area contributed by atoms with Gasteiger partial charge in [0, 0.05) is 24.7 Å². The lowest BCUT2D eigenvalue weighted by molar-refractivity contribution is 0.0602. The number of carbonyl (C=O) groups is 1. The van der Waals surface area contributed by atoms with Crippen LogP contribution in [0.1, 0.15) is 23.2 Å². The fourth-order valence-electron chi connectivity index (χ4n) is 3.33. The van der Waals surface area contributed by atoms with Crippen molar-refractivity contribution in [2.75, 3.05) is 30.4 Å². The van der Waals surface area contributed by atoms with Crippen LogP contribution in [0.4, 0.5) is 17.5 Å². The number of anilines is 3. The van der Waals surface area contributed by atoms with Crippen LogP contribution in [-0.2, 0) is 4.74 Å². The molecular formula is C22H22N4O2. The minimum absolute atomic E-state index is 0.389. The monoisotopic (exact) mass is 374 g/mol. The van der Waals surface area contributed by atoms with E-state index in [0.717, 1.165) is 37.2 Å². The van der Waals surface area contributed by atoms with Crippen molar-refractivity contribution in [1.29, 1.82) is 0 Å². The van der Waals surface area contributed by atoms with Crippen molar-refractivity contribution in [2.45, 2.75) is 12.8 Å². The van der Waals surface area contributed by atoms with E-state index in [-0.39, 0.29) is 5.97 Å². The lowest BCUT2D eigenvalue weighted by Crippen LogP contribution is -2.21. The van der Waals surface area contributed by atoms with Crippen LogP contribution in [0, 0.1) is 0 Å². The zero-order chi connectivity index (χ0) is 19.3. The number of carbonyl (C=O) groups excluding carboxylic acids is 1. The van der Waals surface area contributed by atoms with E-state index in [0.29, 0.717) is 23.0 Å². The van der Waals surface area contributed by atoms with Crippen LogP contribution in [0.15, 0.2) is 60.7 Å². The summed E-state index contributed by atoms with van der Waals surface area (Å²) in [7, 11) is 1.38. The molecule has 3 aromatic rings. The molecule has 1 saturated heterocycles. The van der Waals surface area contributed by atoms with Crippen molar-refractivity contribution in [1.82, 2.24) is 9.97 Å². The van der Waals surface area contributed by atoms with Crippen molar-refractivity contribution < 1.29 is 9.53 Å². The van der Waals surface area contributed by atoms with Crippen molar-refractivity contribution in [3.63, 3.8) is 0 Å². The number of nitrogens with one attached hydrogen (secondary N) is 1. The van der Waals surface area contributed by atoms with E-state index in [1.54, 1.807) is 6.07 Å². The van der Waals surface area contributed by atoms with Crippen molar-refractivity contribution >= 4 is 23.4 Å². The number of esters is 1. The molecule has 0 bridgehead atoms. The molecule has 4 rings (SSSR count). The minimum atomic E-state index is -0.389. The van der Waals surface area contributed by atoms with Crippen molar-refractivity contribution in [2.24, 2.45) is 0 Å². The first-order valence-corrected chi connectivity index (χ1v) is 9.38. The van der Waals surface area contributed by atoms with Gasteiger partial charge in [0.15, 0.2) is 0 Å². The average molecular weight is 374 g/mol. The SMILES string of the molecule is COC(=O)c1ccccc1Nc1cc(-c2ccccc2)nc(N2CCCC2)n1. The fraction of sp³-hybridized carbons (Fsp3) is 0.227. The molecule has 0 radical (unpaired) electrons. The van der Waals surface area contributed by atoms with E-state index in [1.807, 2.05) is 54.6 Å². The van der Waals surface area contributed by atoms with E-state index in [9.17, 15) is 4.79 Å². The van der Waals surface area contributed by atoms with E-state index in [2.05, 4.69) is 10.2 Å². The Labute approximate surface area is 164 Å². The molecule has 6 heteroatoms. The molecule has 0 amide bonds. The molecule has 1 aliphatic heterocycles. The molecule has 0 spiro atoms. The van der Waals surface area contributed by atoms with Gasteiger partial charge in [0.05, 0.1) is 24.1 Å². The fourth-order valence-corrected chi connectivity index (χ4v) is 3.33. The molecule has 0 saturated carbocycles. The Kier molecular flexibility index (Phi) is 5.19. The summed E-state index contributed by atoms with van der Waals surface area (Å²) in [6.45, 7) is 1.91. The summed E-state index contributed by atoms with van der Waals surface area (Å²) in [6, 6.07) is 19.2. The predicted molar refractivity (Wildman–Crippen MR) is 110 cm³/mol. The van der Waals surface area contributed by atoms with Gasteiger partial charge in [-0.15, -0.1) is 0 Å². The van der Waals surface area contributed by atoms with Gasteiger partial charge in [-0.25, -0.2) is 9.78 Å². The second-order valence-corrected chi connectivity index (χ2v) is 6.66. The number of rotatable bonds is 5. The van der Waals surface area contributed by atoms with Gasteiger partial charge in [-0.2, -0.15) is 4.98 Å². The van der Waals surface area contributed by atoms with Crippen LogP contribution in [0.25, 0.3) is 11.3 Å². The average Bonchev–Trinajstić information content (AvgIpc) is 3.29. The van der Waals surface area contributed by atoms with Crippen LogP contribution in [0.2, 0.25) is 0 Å². The highest BCUT2D eigenvalue weighted by Gasteiger charge is 2.18. The molecule has 6 nitrogen and oxygen atoms in total. The maximum atomic E-state index is 12.1. The van der Waals surface area contributed by atoms with Crippen LogP contribution in [0.5, 0.6) is 0 Å². The summed E-state index contributed by atoms with van der Waals surface area (Å²) in [5.41, 5.74) is 2.98. The van der Waals surface area contributed by atoms with Gasteiger partial charge in [-0.3, -0.25) is 0 Å². The van der Waals surface area contributed by atoms with Crippen LogP contribution < -0.4 is 10.2 Å². The smallest absolute Gasteiger partial charge is 0.339 e. The van der Waals surface area contributed by atoms with Gasteiger partial charge in [-0.1, -0.05) is 42.5 Å². The molecular weight excluding hydrogens is 352 g/mol. The number of para-hydroxylation sites is 1. The van der Waals surface area contributed by atoms with Crippen LogP contribution in [0.3, 0.4) is 0 Å². The minimum Gasteiger partial charge on any atom is -0.465 e. The summed E-state index contributed by atoms with van der Waals surface area (Å²) < 4.78 is 4.89. The second-order valence-electron chi connectivity index (χ2n) is 6.66. The van der Waals surface area contributed by atoms with E-state index in [1.165, 1.54) is 7.11 Å². The third-order valence-electron chi connectivity index (χ3n) is 4.77. The molecule has 2 heterocycles. The summed E-state index contributed by atoms with van der Waals surface area (Å²) in [5.74, 6) is 0.962. The molecule has 0 atom stereocenters. The van der Waals surface area contributed by atoms with E-state index < -0.39 is 0 Å². The van der Waals surface area contributed by atoms with Crippen molar-refractivity contribution in [3.8, 4) is 11.3 Å². The highest BCUT2D eigenvalue weighted by atomic mass is 16.5. The molecule has 2 aromatic carbocycles. The maximum Gasteiger partial charge on any atom is 0.339 e. The normalized spacial score (nSPS) is 13.4. The zero-order valence-corrected chi connectivity index (χ0v) is 15.8. The van der Waals surface area contributed by atoms with E-state index >= 15 is 0 Å². The Morgan fingerprint density at radius 1 is 1.00 bits per heavy atom. The molecule has 142 valence electrons. The Hall–Kier alpha value is -3.41. The first-order valence-electron chi connectivity index (χ1n) is 9.38. The number of aromatic nitrogens is 2. The Morgan fingerprint density at radius 2 is 1.71 bits per heavy atom. The summed E-state index contributed by atoms with van der Waals surface area (Å²) >= 11 is 0. The number of benzene rings is 2. The van der Waals surface area contributed by atoms with Crippen molar-refractivity contribution in [3.05, 3.63) is 66.2 Å². The number of ether oxygens (including phenoxy) is 1. The van der Waals surface area contributed by atoms with Gasteiger partial charge in [-0.05, 0) is 25.0 Å². The van der Waals surface area contributed by atoms with Gasteiger partial charge in [0.25, 0.3) is 0 Å². The molecule has 1 aliphatic rings. The number of nitrogens with zero attached hydrogens (tertiary/aromatic N) is 3. The van der Waals surface area contributed by atoms with E-state index in [4.69, 9.17) is 14.7 Å². The predicted octanol–water partition coefficient (Wildman–Crippen LogP) is 4.27. The van der Waals surface area contributed by atoms with Gasteiger partial charge < -0.3 is 15.0 Å². The third kappa shape index (κ3) is 3.81. The molecule has 1 aromatic heterocycles. The Balaban J connectivity index is 1.74. The summed E-state index contributed by atoms with van der Waals surface area (Å²) in [6.07, 6.45) is 2.29. The Bertz CT molecular complexity index is 969. The molecule has 28 heavy (non-hydrogen) atoms. The van der Waals surface area contributed by atoms with Gasteiger partial charge in [0.1, 0.15) is 5.82 Å². The summed E-state index contributed by atoms with van der Waals surface area (Å²) in [4.78, 5) is 23.8. The standard InChI is InChI=1S/C22H22N4O2/c1-28-21(27)17-11-5-6-12-18(17)23-20-15-19(16-9-3-2-4-10-16)24-22(25-20)26-13-7-8-14-26/h2-6,9-12,15H,7-8,13-14H2,1H3,(H,23,24,25). The summed E-state index contributed by atoms with van der Waals surface area (Å²) in [5, 5.41) is 3.28. The van der Waals surface area contributed by atoms with Crippen LogP contribution in [-0.4, -0.2) is 36.1 Å². The Morgan fingerprint density at radius 3 is 2.46 bits per heavy atom. The lowest BCUT2D eigenvalue weighted by atomic mass is 10.1. The zero-order valence-electron chi connectivity index (χ0n) is 15.8. The highest BCUT2D eigenvalue weighted by Crippen LogP contribution is 2.27. The number of hydrogen-bond acceptors (Lipinski definition) is 6. The van der Waals surface area contributed by atoms with Gasteiger partial charge >= 0.3 is 5.97 Å². The van der Waals surface area contributed by atoms with Gasteiger partial charge in [0.2, 0.25) is 5.95 Å².